The Balaban J connectivity index is 0. The molecular formula is C33H55N. The van der Waals surface area contributed by atoms with Crippen LogP contribution in [0.25, 0.3) is 0 Å². The van der Waals surface area contributed by atoms with Crippen molar-refractivity contribution in [1.29, 1.82) is 0 Å². The number of nitrogens with zero attached hydrogens (tertiary/aromatic N) is 1. The molecule has 34 heavy (non-hydrogen) atoms. The molecule has 1 unspecified atom stereocenters. The van der Waals surface area contributed by atoms with Gasteiger partial charge in [0, 0.05) is 11.6 Å². The van der Waals surface area contributed by atoms with E-state index in [-0.39, 0.29) is 0 Å². The largest absolute Gasteiger partial charge is 0.258 e. The van der Waals surface area contributed by atoms with E-state index >= 15 is 0 Å². The highest BCUT2D eigenvalue weighted by atomic mass is 14.7. The SMILES string of the molecule is C=C(C)C(C)c1ccc(C)cc1.CC.CCC(C)=Nc1cc(C)ccc1C.CCCCCCC. The third-order valence-electron chi connectivity index (χ3n) is 5.71. The van der Waals surface area contributed by atoms with Crippen molar-refractivity contribution in [3.63, 3.8) is 0 Å². The highest BCUT2D eigenvalue weighted by Crippen LogP contribution is 2.22. The van der Waals surface area contributed by atoms with Crippen molar-refractivity contribution in [1.82, 2.24) is 0 Å². The molecule has 0 bridgehead atoms. The fourth-order valence-electron chi connectivity index (χ4n) is 2.94. The van der Waals surface area contributed by atoms with Crippen molar-refractivity contribution in [2.24, 2.45) is 4.99 Å². The predicted molar refractivity (Wildman–Crippen MR) is 159 cm³/mol. The highest BCUT2D eigenvalue weighted by molar-refractivity contribution is 5.84. The summed E-state index contributed by atoms with van der Waals surface area (Å²) in [5, 5.41) is 0. The van der Waals surface area contributed by atoms with Gasteiger partial charge in [0.15, 0.2) is 0 Å². The minimum Gasteiger partial charge on any atom is -0.258 e. The van der Waals surface area contributed by atoms with Gasteiger partial charge >= 0.3 is 0 Å². The second-order valence-electron chi connectivity index (χ2n) is 9.03. The van der Waals surface area contributed by atoms with Crippen LogP contribution in [0.1, 0.15) is 122 Å². The molecule has 0 aliphatic carbocycles. The second kappa shape index (κ2) is 21.4. The zero-order valence-electron chi connectivity index (χ0n) is 24.5. The molecule has 0 amide bonds. The van der Waals surface area contributed by atoms with Crippen molar-refractivity contribution < 1.29 is 0 Å². The van der Waals surface area contributed by atoms with Gasteiger partial charge in [-0.3, -0.25) is 4.99 Å². The molecule has 0 aliphatic rings. The molecule has 2 aromatic carbocycles. The topological polar surface area (TPSA) is 12.4 Å². The van der Waals surface area contributed by atoms with Gasteiger partial charge in [0.25, 0.3) is 0 Å². The van der Waals surface area contributed by atoms with Gasteiger partial charge in [0.1, 0.15) is 0 Å². The average molecular weight is 466 g/mol. The van der Waals surface area contributed by atoms with Gasteiger partial charge in [0.05, 0.1) is 5.69 Å². The molecule has 0 saturated heterocycles. The molecule has 192 valence electrons. The summed E-state index contributed by atoms with van der Waals surface area (Å²) in [5.41, 5.74) is 8.71. The maximum atomic E-state index is 4.55. The van der Waals surface area contributed by atoms with E-state index in [0.717, 1.165) is 12.1 Å². The first-order chi connectivity index (χ1) is 16.2. The van der Waals surface area contributed by atoms with E-state index in [1.54, 1.807) is 0 Å². The molecule has 0 radical (unpaired) electrons. The minimum atomic E-state index is 0.477. The molecule has 0 N–H and O–H groups in total. The third-order valence-corrected chi connectivity index (χ3v) is 5.71. The van der Waals surface area contributed by atoms with E-state index in [2.05, 4.69) is 116 Å². The van der Waals surface area contributed by atoms with Gasteiger partial charge < -0.3 is 0 Å². The number of unbranched alkanes of at least 4 members (excludes halogenated alkanes) is 4. The summed E-state index contributed by atoms with van der Waals surface area (Å²) in [6.45, 7) is 27.2. The van der Waals surface area contributed by atoms with Crippen LogP contribution in [0.5, 0.6) is 0 Å². The molecule has 0 aliphatic heterocycles. The van der Waals surface area contributed by atoms with Gasteiger partial charge in [-0.2, -0.15) is 0 Å². The summed E-state index contributed by atoms with van der Waals surface area (Å²) in [4.78, 5) is 4.55. The fourth-order valence-corrected chi connectivity index (χ4v) is 2.94. The van der Waals surface area contributed by atoms with E-state index in [1.165, 1.54) is 65.6 Å². The normalized spacial score (nSPS) is 11.1. The van der Waals surface area contributed by atoms with Crippen molar-refractivity contribution >= 4 is 11.4 Å². The number of hydrogen-bond donors (Lipinski definition) is 0. The summed E-state index contributed by atoms with van der Waals surface area (Å²) >= 11 is 0. The lowest BCUT2D eigenvalue weighted by molar-refractivity contribution is 0.656. The Bertz CT molecular complexity index is 792. The van der Waals surface area contributed by atoms with Crippen molar-refractivity contribution in [2.75, 3.05) is 0 Å². The van der Waals surface area contributed by atoms with Crippen LogP contribution in [0.2, 0.25) is 0 Å². The molecule has 0 heterocycles. The van der Waals surface area contributed by atoms with Gasteiger partial charge in [-0.15, -0.1) is 0 Å². The molecule has 2 rings (SSSR count). The Kier molecular flexibility index (Phi) is 21.4. The Morgan fingerprint density at radius 3 is 1.74 bits per heavy atom. The van der Waals surface area contributed by atoms with E-state index in [0.29, 0.717) is 5.92 Å². The zero-order valence-corrected chi connectivity index (χ0v) is 24.5. The van der Waals surface area contributed by atoms with Crippen molar-refractivity contribution in [3.05, 3.63) is 76.9 Å². The Hall–Kier alpha value is -2.15. The smallest absolute Gasteiger partial charge is 0.0660 e. The number of aliphatic imine (C=N–C) groups is 1. The summed E-state index contributed by atoms with van der Waals surface area (Å²) in [6.07, 6.45) is 8.03. The molecule has 2 aromatic rings. The Morgan fingerprint density at radius 1 is 0.794 bits per heavy atom. The third kappa shape index (κ3) is 16.5. The summed E-state index contributed by atoms with van der Waals surface area (Å²) in [6, 6.07) is 15.0. The van der Waals surface area contributed by atoms with E-state index in [1.807, 2.05) is 13.8 Å². The Labute approximate surface area is 213 Å². The molecule has 0 aromatic heterocycles. The van der Waals surface area contributed by atoms with E-state index in [9.17, 15) is 0 Å². The van der Waals surface area contributed by atoms with Crippen molar-refractivity contribution in [3.8, 4) is 0 Å². The number of allylic oxidation sites excluding steroid dienone is 1. The van der Waals surface area contributed by atoms with Gasteiger partial charge in [0.2, 0.25) is 0 Å². The molecule has 0 saturated carbocycles. The monoisotopic (exact) mass is 465 g/mol. The predicted octanol–water partition coefficient (Wildman–Crippen LogP) is 11.5. The quantitative estimate of drug-likeness (QED) is 0.209. The summed E-state index contributed by atoms with van der Waals surface area (Å²) in [5.74, 6) is 0.477. The van der Waals surface area contributed by atoms with Crippen LogP contribution < -0.4 is 0 Å². The molecule has 0 fully saturated rings. The first-order valence-corrected chi connectivity index (χ1v) is 13.5. The maximum absolute atomic E-state index is 4.55. The summed E-state index contributed by atoms with van der Waals surface area (Å²) in [7, 11) is 0. The van der Waals surface area contributed by atoms with Crippen LogP contribution in [0.4, 0.5) is 5.69 Å². The first kappa shape index (κ1) is 34.0. The van der Waals surface area contributed by atoms with E-state index < -0.39 is 0 Å². The van der Waals surface area contributed by atoms with Crippen LogP contribution in [0.15, 0.2) is 59.6 Å². The van der Waals surface area contributed by atoms with E-state index in [4.69, 9.17) is 0 Å². The minimum absolute atomic E-state index is 0.477. The highest BCUT2D eigenvalue weighted by Gasteiger charge is 2.04. The van der Waals surface area contributed by atoms with Gasteiger partial charge in [-0.25, -0.2) is 0 Å². The average Bonchev–Trinajstić information content (AvgIpc) is 2.84. The number of aryl methyl sites for hydroxylation is 3. The lowest BCUT2D eigenvalue weighted by Crippen LogP contribution is -1.93. The maximum Gasteiger partial charge on any atom is 0.0660 e. The number of benzene rings is 2. The van der Waals surface area contributed by atoms with Crippen LogP contribution in [0.3, 0.4) is 0 Å². The molecular weight excluding hydrogens is 410 g/mol. The second-order valence-corrected chi connectivity index (χ2v) is 9.03. The van der Waals surface area contributed by atoms with Crippen LogP contribution >= 0.6 is 0 Å². The van der Waals surface area contributed by atoms with Crippen LogP contribution in [-0.2, 0) is 0 Å². The molecule has 0 spiro atoms. The van der Waals surface area contributed by atoms with Gasteiger partial charge in [-0.05, 0) is 63.8 Å². The lowest BCUT2D eigenvalue weighted by Gasteiger charge is -2.11. The first-order valence-electron chi connectivity index (χ1n) is 13.5. The fraction of sp³-hybridized carbons (Fsp3) is 0.545. The lowest BCUT2D eigenvalue weighted by atomic mass is 9.94. The summed E-state index contributed by atoms with van der Waals surface area (Å²) < 4.78 is 0. The standard InChI is InChI=1S/C12H17N.C12H16.C7H16.C2H6/c1-5-11(4)13-12-8-9(2)6-7-10(12)3;1-9(2)11(4)12-7-5-10(3)6-8-12;1-3-5-7-6-4-2;1-2/h6-8H,5H2,1-4H3;5-8,11H,1H2,2-4H3;3-7H2,1-2H3;1-2H3. The van der Waals surface area contributed by atoms with Crippen LogP contribution in [-0.4, -0.2) is 5.71 Å². The van der Waals surface area contributed by atoms with Gasteiger partial charge in [-0.1, -0.05) is 128 Å². The van der Waals surface area contributed by atoms with Crippen molar-refractivity contribution in [2.45, 2.75) is 121 Å². The number of rotatable bonds is 8. The molecule has 1 heteroatoms. The zero-order chi connectivity index (χ0) is 26.5. The number of hydrogen-bond acceptors (Lipinski definition) is 1. The molecule has 1 atom stereocenters. The molecule has 1 nitrogen and oxygen atoms in total. The Morgan fingerprint density at radius 2 is 1.29 bits per heavy atom. The van der Waals surface area contributed by atoms with Crippen LogP contribution in [0, 0.1) is 20.8 Å².